The summed E-state index contributed by atoms with van der Waals surface area (Å²) in [5.41, 5.74) is 0.126. The topological polar surface area (TPSA) is 71.7 Å². The molecule has 6 nitrogen and oxygen atoms in total. The Balaban J connectivity index is 2.04. The highest BCUT2D eigenvalue weighted by atomic mass is 19.4. The molecular weight excluding hydrogens is 349 g/mol. The average Bonchev–Trinajstić information content (AvgIpc) is 2.92. The molecule has 0 atom stereocenters. The first-order valence-corrected chi connectivity index (χ1v) is 7.86. The number of nitrogens with zero attached hydrogens (tertiary/aromatic N) is 2. The Labute approximate surface area is 149 Å². The van der Waals surface area contributed by atoms with Gasteiger partial charge in [0.15, 0.2) is 5.96 Å². The molecule has 0 spiro atoms. The summed E-state index contributed by atoms with van der Waals surface area (Å²) >= 11 is 0. The summed E-state index contributed by atoms with van der Waals surface area (Å²) in [6.45, 7) is 3.85. The van der Waals surface area contributed by atoms with E-state index in [4.69, 9.17) is 9.15 Å². The van der Waals surface area contributed by atoms with Crippen LogP contribution in [0, 0.1) is 13.8 Å². The van der Waals surface area contributed by atoms with Gasteiger partial charge in [0.25, 0.3) is 0 Å². The molecule has 1 heterocycles. The molecule has 2 aromatic rings. The van der Waals surface area contributed by atoms with E-state index in [0.717, 1.165) is 17.5 Å². The first-order valence-electron chi connectivity index (χ1n) is 7.86. The SMILES string of the molecule is CN=C(NCc1nc(C)c(C)o1)NCc1ccc(OC)cc1C(F)(F)F. The van der Waals surface area contributed by atoms with Gasteiger partial charge in [0, 0.05) is 13.6 Å². The molecule has 0 aliphatic carbocycles. The Morgan fingerprint density at radius 3 is 2.46 bits per heavy atom. The Morgan fingerprint density at radius 1 is 1.23 bits per heavy atom. The molecule has 142 valence electrons. The summed E-state index contributed by atoms with van der Waals surface area (Å²) < 4.78 is 50.0. The van der Waals surface area contributed by atoms with E-state index in [2.05, 4.69) is 20.6 Å². The molecule has 0 bridgehead atoms. The van der Waals surface area contributed by atoms with E-state index >= 15 is 0 Å². The largest absolute Gasteiger partial charge is 0.497 e. The van der Waals surface area contributed by atoms with Gasteiger partial charge in [-0.3, -0.25) is 4.99 Å². The second-order valence-corrected chi connectivity index (χ2v) is 5.55. The molecular formula is C17H21F3N4O2. The molecule has 0 amide bonds. The van der Waals surface area contributed by atoms with Crippen molar-refractivity contribution in [3.05, 3.63) is 46.7 Å². The highest BCUT2D eigenvalue weighted by molar-refractivity contribution is 5.79. The molecule has 0 fully saturated rings. The number of halogens is 3. The van der Waals surface area contributed by atoms with Gasteiger partial charge in [-0.05, 0) is 31.5 Å². The van der Waals surface area contributed by atoms with Crippen molar-refractivity contribution in [3.8, 4) is 5.75 Å². The third-order valence-electron chi connectivity index (χ3n) is 3.77. The van der Waals surface area contributed by atoms with E-state index in [1.54, 1.807) is 6.92 Å². The highest BCUT2D eigenvalue weighted by Crippen LogP contribution is 2.34. The second-order valence-electron chi connectivity index (χ2n) is 5.55. The van der Waals surface area contributed by atoms with Crippen LogP contribution in [0.3, 0.4) is 0 Å². The van der Waals surface area contributed by atoms with E-state index in [1.165, 1.54) is 26.3 Å². The summed E-state index contributed by atoms with van der Waals surface area (Å²) in [7, 11) is 2.85. The predicted molar refractivity (Wildman–Crippen MR) is 91.0 cm³/mol. The number of guanidine groups is 1. The first-order chi connectivity index (χ1) is 12.2. The Hall–Kier alpha value is -2.71. The van der Waals surface area contributed by atoms with Crippen molar-refractivity contribution in [2.24, 2.45) is 4.99 Å². The molecule has 0 aliphatic heterocycles. The molecule has 0 unspecified atom stereocenters. The van der Waals surface area contributed by atoms with E-state index in [0.29, 0.717) is 11.9 Å². The summed E-state index contributed by atoms with van der Waals surface area (Å²) in [4.78, 5) is 8.22. The van der Waals surface area contributed by atoms with Crippen LogP contribution in [0.5, 0.6) is 5.75 Å². The van der Waals surface area contributed by atoms with Crippen LogP contribution in [0.1, 0.15) is 28.5 Å². The third-order valence-corrected chi connectivity index (χ3v) is 3.77. The zero-order valence-corrected chi connectivity index (χ0v) is 15.0. The van der Waals surface area contributed by atoms with Gasteiger partial charge in [0.1, 0.15) is 11.5 Å². The number of nitrogens with one attached hydrogen (secondary N) is 2. The van der Waals surface area contributed by atoms with Crippen molar-refractivity contribution in [3.63, 3.8) is 0 Å². The van der Waals surface area contributed by atoms with E-state index in [1.807, 2.05) is 6.92 Å². The lowest BCUT2D eigenvalue weighted by molar-refractivity contribution is -0.138. The number of aryl methyl sites for hydroxylation is 2. The number of hydrogen-bond acceptors (Lipinski definition) is 4. The number of benzene rings is 1. The van der Waals surface area contributed by atoms with Crippen LogP contribution in [0.4, 0.5) is 13.2 Å². The molecule has 1 aromatic carbocycles. The molecule has 1 aromatic heterocycles. The summed E-state index contributed by atoms with van der Waals surface area (Å²) in [5, 5.41) is 5.81. The van der Waals surface area contributed by atoms with Crippen LogP contribution in [0.25, 0.3) is 0 Å². The van der Waals surface area contributed by atoms with Crippen LogP contribution in [0.15, 0.2) is 27.6 Å². The van der Waals surface area contributed by atoms with Crippen LogP contribution in [0.2, 0.25) is 0 Å². The molecule has 0 saturated carbocycles. The van der Waals surface area contributed by atoms with Crippen molar-refractivity contribution in [2.45, 2.75) is 33.1 Å². The highest BCUT2D eigenvalue weighted by Gasteiger charge is 2.33. The zero-order valence-electron chi connectivity index (χ0n) is 15.0. The van der Waals surface area contributed by atoms with Crippen molar-refractivity contribution < 1.29 is 22.3 Å². The standard InChI is InChI=1S/C17H21F3N4O2/c1-10-11(2)26-15(24-10)9-23-16(21-3)22-8-12-5-6-13(25-4)7-14(12)17(18,19)20/h5-7H,8-9H2,1-4H3,(H2,21,22,23). The van der Waals surface area contributed by atoms with Gasteiger partial charge in [0.2, 0.25) is 5.89 Å². The number of aliphatic imine (C=N–C) groups is 1. The molecule has 0 saturated heterocycles. The monoisotopic (exact) mass is 370 g/mol. The maximum Gasteiger partial charge on any atom is 0.416 e. The number of aromatic nitrogens is 1. The average molecular weight is 370 g/mol. The minimum atomic E-state index is -4.48. The maximum absolute atomic E-state index is 13.2. The van der Waals surface area contributed by atoms with Gasteiger partial charge < -0.3 is 19.8 Å². The fourth-order valence-corrected chi connectivity index (χ4v) is 2.27. The van der Waals surface area contributed by atoms with Crippen LogP contribution < -0.4 is 15.4 Å². The lowest BCUT2D eigenvalue weighted by atomic mass is 10.1. The second kappa shape index (κ2) is 8.11. The number of oxazole rings is 1. The fraction of sp³-hybridized carbons (Fsp3) is 0.412. The van der Waals surface area contributed by atoms with Gasteiger partial charge in [0.05, 0.1) is 24.9 Å². The predicted octanol–water partition coefficient (Wildman–Crippen LogP) is 3.18. The molecule has 9 heteroatoms. The van der Waals surface area contributed by atoms with E-state index in [-0.39, 0.29) is 24.4 Å². The Bertz CT molecular complexity index is 765. The van der Waals surface area contributed by atoms with Gasteiger partial charge in [-0.15, -0.1) is 0 Å². The van der Waals surface area contributed by atoms with E-state index in [9.17, 15) is 13.2 Å². The van der Waals surface area contributed by atoms with Crippen molar-refractivity contribution in [1.82, 2.24) is 15.6 Å². The van der Waals surface area contributed by atoms with Gasteiger partial charge in [-0.25, -0.2) is 4.98 Å². The van der Waals surface area contributed by atoms with Crippen LogP contribution in [-0.2, 0) is 19.3 Å². The Morgan fingerprint density at radius 2 is 1.92 bits per heavy atom. The normalized spacial score (nSPS) is 12.2. The van der Waals surface area contributed by atoms with Gasteiger partial charge in [-0.1, -0.05) is 6.07 Å². The first kappa shape index (κ1) is 19.6. The smallest absolute Gasteiger partial charge is 0.416 e. The number of hydrogen-bond donors (Lipinski definition) is 2. The molecule has 2 N–H and O–H groups in total. The molecule has 2 rings (SSSR count). The molecule has 0 radical (unpaired) electrons. The van der Waals surface area contributed by atoms with Crippen molar-refractivity contribution >= 4 is 5.96 Å². The Kier molecular flexibility index (Phi) is 6.12. The lowest BCUT2D eigenvalue weighted by Gasteiger charge is -2.16. The summed E-state index contributed by atoms with van der Waals surface area (Å²) in [6.07, 6.45) is -4.48. The number of alkyl halides is 3. The number of methoxy groups -OCH3 is 1. The lowest BCUT2D eigenvalue weighted by Crippen LogP contribution is -2.36. The summed E-state index contributed by atoms with van der Waals surface area (Å²) in [6, 6.07) is 3.84. The minimum absolute atomic E-state index is 0.0534. The van der Waals surface area contributed by atoms with Crippen LogP contribution in [-0.4, -0.2) is 25.1 Å². The van der Waals surface area contributed by atoms with Crippen molar-refractivity contribution in [1.29, 1.82) is 0 Å². The quantitative estimate of drug-likeness (QED) is 0.625. The third kappa shape index (κ3) is 4.90. The van der Waals surface area contributed by atoms with Crippen LogP contribution >= 0.6 is 0 Å². The summed E-state index contributed by atoms with van der Waals surface area (Å²) in [5.74, 6) is 1.68. The number of rotatable bonds is 5. The molecule has 0 aliphatic rings. The molecule has 26 heavy (non-hydrogen) atoms. The van der Waals surface area contributed by atoms with Gasteiger partial charge >= 0.3 is 6.18 Å². The minimum Gasteiger partial charge on any atom is -0.497 e. The van der Waals surface area contributed by atoms with Crippen molar-refractivity contribution in [2.75, 3.05) is 14.2 Å². The fourth-order valence-electron chi connectivity index (χ4n) is 2.27. The zero-order chi connectivity index (χ0) is 19.3. The maximum atomic E-state index is 13.2. The van der Waals surface area contributed by atoms with E-state index < -0.39 is 11.7 Å². The number of ether oxygens (including phenoxy) is 1. The van der Waals surface area contributed by atoms with Gasteiger partial charge in [-0.2, -0.15) is 13.2 Å².